The Morgan fingerprint density at radius 3 is 2.40 bits per heavy atom. The van der Waals surface area contributed by atoms with Gasteiger partial charge in [-0.2, -0.15) is 0 Å². The van der Waals surface area contributed by atoms with Gasteiger partial charge in [0, 0.05) is 5.69 Å². The fraction of sp³-hybridized carbons (Fsp3) is 0.250. The third kappa shape index (κ3) is 3.72. The van der Waals surface area contributed by atoms with Crippen molar-refractivity contribution in [1.29, 1.82) is 0 Å². The molecule has 0 spiro atoms. The van der Waals surface area contributed by atoms with Gasteiger partial charge in [0.05, 0.1) is 0 Å². The minimum Gasteiger partial charge on any atom is -0.321 e. The minimum atomic E-state index is -3.60. The predicted molar refractivity (Wildman–Crippen MR) is 68.6 cm³/mol. The zero-order valence-electron chi connectivity index (χ0n) is 7.68. The number of nitrogens with one attached hydrogen (secondary N) is 1. The SMILES string of the molecule is Cc1cccc(N[P@@](=O)(Cl)C(Cl)(Cl)Cl)c1. The smallest absolute Gasteiger partial charge is 0.305 e. The molecule has 7 heteroatoms. The van der Waals surface area contributed by atoms with Gasteiger partial charge >= 0.3 is 6.65 Å². The fourth-order valence-corrected chi connectivity index (χ4v) is 2.22. The van der Waals surface area contributed by atoms with E-state index in [1.54, 1.807) is 18.2 Å². The van der Waals surface area contributed by atoms with Crippen molar-refractivity contribution in [3.63, 3.8) is 0 Å². The molecule has 0 aliphatic carbocycles. The maximum Gasteiger partial charge on any atom is 0.305 e. The third-order valence-corrected chi connectivity index (χ3v) is 6.75. The number of aryl methyl sites for hydroxylation is 1. The molecule has 15 heavy (non-hydrogen) atoms. The number of rotatable bonds is 2. The highest BCUT2D eigenvalue weighted by molar-refractivity contribution is 7.95. The van der Waals surface area contributed by atoms with Crippen molar-refractivity contribution < 1.29 is 4.57 Å². The van der Waals surface area contributed by atoms with Crippen LogP contribution in [0.5, 0.6) is 0 Å². The number of alkyl halides is 3. The largest absolute Gasteiger partial charge is 0.321 e. The molecule has 0 amide bonds. The van der Waals surface area contributed by atoms with E-state index in [0.717, 1.165) is 5.56 Å². The Bertz CT molecular complexity index is 404. The summed E-state index contributed by atoms with van der Waals surface area (Å²) in [6.45, 7) is -1.71. The number of benzene rings is 1. The van der Waals surface area contributed by atoms with Crippen molar-refractivity contribution in [3.8, 4) is 0 Å². The Morgan fingerprint density at radius 1 is 1.33 bits per heavy atom. The van der Waals surface area contributed by atoms with Crippen LogP contribution in [0.2, 0.25) is 0 Å². The Labute approximate surface area is 108 Å². The lowest BCUT2D eigenvalue weighted by molar-refractivity contribution is 0.587. The lowest BCUT2D eigenvalue weighted by atomic mass is 10.2. The Morgan fingerprint density at radius 2 is 1.93 bits per heavy atom. The standard InChI is InChI=1S/C8H8Cl4NOP/c1-6-3-2-4-7(5-6)13-15(12,14)8(9,10)11/h2-5H,1H3,(H,13,14)/t15-/m0/s1. The topological polar surface area (TPSA) is 29.1 Å². The summed E-state index contributed by atoms with van der Waals surface area (Å²) in [7, 11) is 0. The van der Waals surface area contributed by atoms with Crippen LogP contribution in [0.1, 0.15) is 5.56 Å². The number of hydrogen-bond acceptors (Lipinski definition) is 1. The molecule has 1 atom stereocenters. The van der Waals surface area contributed by atoms with Crippen LogP contribution >= 0.6 is 52.7 Å². The van der Waals surface area contributed by atoms with E-state index in [-0.39, 0.29) is 0 Å². The van der Waals surface area contributed by atoms with Gasteiger partial charge in [0.1, 0.15) is 0 Å². The van der Waals surface area contributed by atoms with Crippen LogP contribution < -0.4 is 5.09 Å². The molecule has 1 N–H and O–H groups in total. The van der Waals surface area contributed by atoms with Gasteiger partial charge in [0.25, 0.3) is 3.53 Å². The highest BCUT2D eigenvalue weighted by Crippen LogP contribution is 2.68. The molecule has 0 radical (unpaired) electrons. The van der Waals surface area contributed by atoms with E-state index in [4.69, 9.17) is 46.0 Å². The van der Waals surface area contributed by atoms with Gasteiger partial charge in [-0.1, -0.05) is 46.9 Å². The van der Waals surface area contributed by atoms with Crippen molar-refractivity contribution in [2.75, 3.05) is 5.09 Å². The fourth-order valence-electron chi connectivity index (χ4n) is 0.944. The maximum atomic E-state index is 11.8. The first-order valence-electron chi connectivity index (χ1n) is 3.94. The van der Waals surface area contributed by atoms with E-state index in [2.05, 4.69) is 5.09 Å². The zero-order chi connectivity index (χ0) is 11.7. The second-order valence-electron chi connectivity index (χ2n) is 2.98. The highest BCUT2D eigenvalue weighted by atomic mass is 35.7. The van der Waals surface area contributed by atoms with E-state index >= 15 is 0 Å². The van der Waals surface area contributed by atoms with Gasteiger partial charge < -0.3 is 5.09 Å². The molecule has 0 fully saturated rings. The van der Waals surface area contributed by atoms with Gasteiger partial charge in [-0.3, -0.25) is 4.57 Å². The predicted octanol–water partition coefficient (Wildman–Crippen LogP) is 5.17. The number of hydrogen-bond donors (Lipinski definition) is 1. The van der Waals surface area contributed by atoms with Crippen LogP contribution in [0.3, 0.4) is 0 Å². The molecule has 0 bridgehead atoms. The lowest BCUT2D eigenvalue weighted by Gasteiger charge is -2.20. The van der Waals surface area contributed by atoms with Crippen LogP contribution in [0, 0.1) is 6.92 Å². The molecule has 84 valence electrons. The van der Waals surface area contributed by atoms with Gasteiger partial charge in [-0.15, -0.1) is 0 Å². The quantitative estimate of drug-likeness (QED) is 0.603. The number of anilines is 1. The summed E-state index contributed by atoms with van der Waals surface area (Å²) in [6, 6.07) is 7.12. The molecule has 0 heterocycles. The van der Waals surface area contributed by atoms with E-state index in [9.17, 15) is 4.57 Å². The summed E-state index contributed by atoms with van der Waals surface area (Å²) in [5, 5.41) is 2.52. The monoisotopic (exact) mass is 305 g/mol. The van der Waals surface area contributed by atoms with E-state index in [1.165, 1.54) is 0 Å². The second kappa shape index (κ2) is 4.73. The summed E-state index contributed by atoms with van der Waals surface area (Å²) in [5.74, 6) is 0. The molecular weight excluding hydrogens is 299 g/mol. The van der Waals surface area contributed by atoms with Crippen LogP contribution in [-0.4, -0.2) is 3.53 Å². The summed E-state index contributed by atoms with van der Waals surface area (Å²) in [6.07, 6.45) is 0. The van der Waals surface area contributed by atoms with Crippen LogP contribution in [0.15, 0.2) is 24.3 Å². The molecule has 0 saturated carbocycles. The average Bonchev–Trinajstić information content (AvgIpc) is 2.00. The van der Waals surface area contributed by atoms with Crippen LogP contribution in [0.25, 0.3) is 0 Å². The zero-order valence-corrected chi connectivity index (χ0v) is 11.6. The van der Waals surface area contributed by atoms with Crippen LogP contribution in [-0.2, 0) is 4.57 Å². The molecule has 1 aromatic rings. The molecule has 1 rings (SSSR count). The average molecular weight is 307 g/mol. The molecule has 2 nitrogen and oxygen atoms in total. The molecule has 0 aliphatic rings. The second-order valence-corrected chi connectivity index (χ2v) is 9.44. The van der Waals surface area contributed by atoms with E-state index in [1.807, 2.05) is 13.0 Å². The summed E-state index contributed by atoms with van der Waals surface area (Å²) in [5.41, 5.74) is 1.54. The minimum absolute atomic E-state index is 0.555. The first kappa shape index (κ1) is 13.5. The Kier molecular flexibility index (Phi) is 4.25. The Hall–Kier alpha value is 0.410. The Balaban J connectivity index is 2.92. The third-order valence-electron chi connectivity index (χ3n) is 1.62. The molecule has 0 saturated heterocycles. The van der Waals surface area contributed by atoms with Gasteiger partial charge in [-0.25, -0.2) is 0 Å². The lowest BCUT2D eigenvalue weighted by Crippen LogP contribution is -2.07. The van der Waals surface area contributed by atoms with Gasteiger partial charge in [-0.05, 0) is 35.9 Å². The van der Waals surface area contributed by atoms with Gasteiger partial charge in [0.15, 0.2) is 0 Å². The first-order valence-corrected chi connectivity index (χ1v) is 7.68. The summed E-state index contributed by atoms with van der Waals surface area (Å²) in [4.78, 5) is 0. The normalized spacial score (nSPS) is 15.8. The molecule has 1 aromatic carbocycles. The van der Waals surface area contributed by atoms with Gasteiger partial charge in [0.2, 0.25) is 0 Å². The summed E-state index contributed by atoms with van der Waals surface area (Å²) < 4.78 is 9.75. The van der Waals surface area contributed by atoms with Crippen molar-refractivity contribution >= 4 is 58.4 Å². The first-order chi connectivity index (χ1) is 6.72. The number of halogens is 4. The highest BCUT2D eigenvalue weighted by Gasteiger charge is 2.43. The molecule has 0 aliphatic heterocycles. The maximum absolute atomic E-state index is 11.8. The van der Waals surface area contributed by atoms with Crippen molar-refractivity contribution in [1.82, 2.24) is 0 Å². The van der Waals surface area contributed by atoms with Crippen molar-refractivity contribution in [2.45, 2.75) is 10.5 Å². The van der Waals surface area contributed by atoms with Crippen molar-refractivity contribution in [3.05, 3.63) is 29.8 Å². The molecular formula is C8H8Cl4NOP. The molecule has 0 unspecified atom stereocenters. The summed E-state index contributed by atoms with van der Waals surface area (Å²) >= 11 is 22.1. The molecule has 0 aromatic heterocycles. The van der Waals surface area contributed by atoms with Crippen LogP contribution in [0.4, 0.5) is 5.69 Å². The van der Waals surface area contributed by atoms with E-state index in [0.29, 0.717) is 5.69 Å². The van der Waals surface area contributed by atoms with Crippen molar-refractivity contribution in [2.24, 2.45) is 0 Å². The van der Waals surface area contributed by atoms with E-state index < -0.39 is 10.2 Å².